The molecule has 1 aromatic carbocycles. The Morgan fingerprint density at radius 2 is 1.80 bits per heavy atom. The van der Waals surface area contributed by atoms with Crippen LogP contribution in [-0.4, -0.2) is 50.6 Å². The van der Waals surface area contributed by atoms with Gasteiger partial charge in [-0.15, -0.1) is 10.2 Å². The number of carbonyl (C=O) groups excluding carboxylic acids is 3. The Balaban J connectivity index is 1.94. The van der Waals surface area contributed by atoms with Gasteiger partial charge in [0.05, 0.1) is 11.6 Å². The van der Waals surface area contributed by atoms with E-state index in [1.807, 2.05) is 0 Å². The van der Waals surface area contributed by atoms with Crippen molar-refractivity contribution in [3.8, 4) is 5.75 Å². The van der Waals surface area contributed by atoms with E-state index in [1.165, 1.54) is 38.2 Å². The summed E-state index contributed by atoms with van der Waals surface area (Å²) in [6.45, 7) is 7.05. The van der Waals surface area contributed by atoms with Crippen molar-refractivity contribution in [3.63, 3.8) is 0 Å². The van der Waals surface area contributed by atoms with Crippen molar-refractivity contribution in [2.24, 2.45) is 7.05 Å². The summed E-state index contributed by atoms with van der Waals surface area (Å²) in [7, 11) is 1.36. The minimum absolute atomic E-state index is 0.0264. The Kier molecular flexibility index (Phi) is 9.19. The zero-order valence-electron chi connectivity index (χ0n) is 22.7. The smallest absolute Gasteiger partial charge is 0.449 e. The second kappa shape index (κ2) is 12.4. The molecule has 2 amide bonds. The van der Waals surface area contributed by atoms with Crippen molar-refractivity contribution in [1.82, 2.24) is 30.4 Å². The molecule has 0 unspecified atom stereocenters. The maximum Gasteiger partial charge on any atom is 0.511 e. The fourth-order valence-electron chi connectivity index (χ4n) is 3.44. The van der Waals surface area contributed by atoms with E-state index in [9.17, 15) is 23.6 Å². The molecule has 0 atom stereocenters. The van der Waals surface area contributed by atoms with E-state index < -0.39 is 59.2 Å². The molecule has 0 bridgehead atoms. The first-order valence-electron chi connectivity index (χ1n) is 12.0. The van der Waals surface area contributed by atoms with E-state index >= 15 is 0 Å². The molecule has 3 aromatic rings. The highest BCUT2D eigenvalue weighted by molar-refractivity contribution is 5.95. The normalized spacial score (nSPS) is 11.2. The second-order valence-electron chi connectivity index (χ2n) is 9.31. The number of amides is 2. The molecule has 2 N–H and O–H groups in total. The van der Waals surface area contributed by atoms with Gasteiger partial charge in [0.1, 0.15) is 11.6 Å². The maximum atomic E-state index is 13.3. The summed E-state index contributed by atoms with van der Waals surface area (Å²) in [4.78, 5) is 55.3. The number of aryl methyl sites for hydroxylation is 1. The summed E-state index contributed by atoms with van der Waals surface area (Å²) in [5.74, 6) is -2.68. The summed E-state index contributed by atoms with van der Waals surface area (Å²) in [5.41, 5.74) is -2.02. The average molecular weight is 561 g/mol. The minimum atomic E-state index is -1.34. The van der Waals surface area contributed by atoms with Crippen LogP contribution in [-0.2, 0) is 28.6 Å². The first kappa shape index (κ1) is 29.7. The number of ether oxygens (including phenoxy) is 3. The van der Waals surface area contributed by atoms with Crippen molar-refractivity contribution in [1.29, 1.82) is 0 Å². The summed E-state index contributed by atoms with van der Waals surface area (Å²) >= 11 is 0. The van der Waals surface area contributed by atoms with Crippen molar-refractivity contribution in [3.05, 3.63) is 69.3 Å². The zero-order chi connectivity index (χ0) is 29.6. The molecule has 15 heteroatoms. The van der Waals surface area contributed by atoms with Crippen LogP contribution in [0.2, 0.25) is 0 Å². The fourth-order valence-corrected chi connectivity index (χ4v) is 3.44. The number of halogens is 1. The molecule has 0 saturated carbocycles. The van der Waals surface area contributed by atoms with E-state index in [4.69, 9.17) is 18.6 Å². The van der Waals surface area contributed by atoms with Crippen LogP contribution in [0.1, 0.15) is 66.1 Å². The Hall–Kier alpha value is -4.82. The lowest BCUT2D eigenvalue weighted by atomic mass is 10.0. The third-order valence-corrected chi connectivity index (χ3v) is 5.25. The summed E-state index contributed by atoms with van der Waals surface area (Å²) in [5, 5.41) is 12.5. The van der Waals surface area contributed by atoms with Crippen LogP contribution in [0.25, 0.3) is 0 Å². The summed E-state index contributed by atoms with van der Waals surface area (Å²) < 4.78 is 34.5. The summed E-state index contributed by atoms with van der Waals surface area (Å²) in [6.07, 6.45) is -1.50. The first-order valence-corrected chi connectivity index (χ1v) is 12.0. The third kappa shape index (κ3) is 7.39. The molecular formula is C25H29FN6O8. The van der Waals surface area contributed by atoms with E-state index in [1.54, 1.807) is 27.7 Å². The zero-order valence-corrected chi connectivity index (χ0v) is 22.7. The van der Waals surface area contributed by atoms with Gasteiger partial charge in [0.25, 0.3) is 11.5 Å². The standard InChI is InChI=1S/C25H29FN6O8/c1-13(2)39-24(36)38-12-37-18-17(19(33)27-11-15-7-9-16(26)10-8-15)28-23(32(6)22(18)35)25(4,5)29-20(34)21-31-30-14(3)40-21/h7-10,13H,11-12H2,1-6H3,(H,27,33)(H,29,34). The second-order valence-corrected chi connectivity index (χ2v) is 9.31. The molecule has 2 heterocycles. The number of hydrogen-bond acceptors (Lipinski definition) is 11. The van der Waals surface area contributed by atoms with Crippen molar-refractivity contribution in [2.75, 3.05) is 6.79 Å². The number of hydrogen-bond donors (Lipinski definition) is 2. The molecule has 0 radical (unpaired) electrons. The fraction of sp³-hybridized carbons (Fsp3) is 0.400. The molecule has 214 valence electrons. The molecule has 0 aliphatic carbocycles. The molecule has 2 aromatic heterocycles. The molecule has 0 aliphatic rings. The van der Waals surface area contributed by atoms with Gasteiger partial charge in [0, 0.05) is 20.5 Å². The van der Waals surface area contributed by atoms with Gasteiger partial charge in [0.2, 0.25) is 18.4 Å². The predicted molar refractivity (Wildman–Crippen MR) is 135 cm³/mol. The first-order chi connectivity index (χ1) is 18.8. The van der Waals surface area contributed by atoms with E-state index in [0.717, 1.165) is 4.57 Å². The SMILES string of the molecule is Cc1nnc(C(=O)NC(C)(C)c2nc(C(=O)NCc3ccc(F)cc3)c(OCOC(=O)OC(C)C)c(=O)n2C)o1. The topological polar surface area (TPSA) is 177 Å². The van der Waals surface area contributed by atoms with Crippen LogP contribution in [0, 0.1) is 12.7 Å². The molecule has 0 spiro atoms. The van der Waals surface area contributed by atoms with E-state index in [0.29, 0.717) is 5.56 Å². The third-order valence-electron chi connectivity index (χ3n) is 5.25. The Labute approximate surface area is 227 Å². The number of nitrogens with one attached hydrogen (secondary N) is 2. The monoisotopic (exact) mass is 560 g/mol. The van der Waals surface area contributed by atoms with Crippen molar-refractivity contribution >= 4 is 18.0 Å². The Morgan fingerprint density at radius 1 is 1.12 bits per heavy atom. The van der Waals surface area contributed by atoms with Crippen molar-refractivity contribution in [2.45, 2.75) is 52.8 Å². The van der Waals surface area contributed by atoms with Gasteiger partial charge < -0.3 is 29.3 Å². The number of benzene rings is 1. The van der Waals surface area contributed by atoms with Crippen LogP contribution in [0.3, 0.4) is 0 Å². The molecular weight excluding hydrogens is 531 g/mol. The van der Waals surface area contributed by atoms with Gasteiger partial charge in [-0.05, 0) is 45.4 Å². The van der Waals surface area contributed by atoms with Gasteiger partial charge in [-0.25, -0.2) is 14.2 Å². The molecule has 14 nitrogen and oxygen atoms in total. The number of nitrogens with zero attached hydrogens (tertiary/aromatic N) is 4. The van der Waals surface area contributed by atoms with Gasteiger partial charge >= 0.3 is 18.0 Å². The van der Waals surface area contributed by atoms with Crippen LogP contribution in [0.15, 0.2) is 33.5 Å². The van der Waals surface area contributed by atoms with Crippen LogP contribution >= 0.6 is 0 Å². The van der Waals surface area contributed by atoms with Crippen LogP contribution < -0.4 is 20.9 Å². The number of aromatic nitrogens is 4. The minimum Gasteiger partial charge on any atom is -0.449 e. The molecule has 0 saturated heterocycles. The molecule has 40 heavy (non-hydrogen) atoms. The highest BCUT2D eigenvalue weighted by Gasteiger charge is 2.33. The van der Waals surface area contributed by atoms with Gasteiger partial charge in [-0.2, -0.15) is 0 Å². The molecule has 0 aliphatic heterocycles. The average Bonchev–Trinajstić information content (AvgIpc) is 3.31. The molecule has 0 fully saturated rings. The Morgan fingerprint density at radius 3 is 2.40 bits per heavy atom. The quantitative estimate of drug-likeness (QED) is 0.274. The van der Waals surface area contributed by atoms with Crippen LogP contribution in [0.5, 0.6) is 5.75 Å². The largest absolute Gasteiger partial charge is 0.511 e. The Bertz CT molecular complexity index is 1450. The lowest BCUT2D eigenvalue weighted by Crippen LogP contribution is -2.46. The predicted octanol–water partition coefficient (Wildman–Crippen LogP) is 2.10. The van der Waals surface area contributed by atoms with E-state index in [2.05, 4.69) is 25.8 Å². The highest BCUT2D eigenvalue weighted by atomic mass is 19.1. The van der Waals surface area contributed by atoms with Gasteiger partial charge in [-0.1, -0.05) is 12.1 Å². The van der Waals surface area contributed by atoms with Crippen LogP contribution in [0.4, 0.5) is 9.18 Å². The lowest BCUT2D eigenvalue weighted by molar-refractivity contribution is -0.00904. The highest BCUT2D eigenvalue weighted by Crippen LogP contribution is 2.21. The van der Waals surface area contributed by atoms with Gasteiger partial charge in [0.15, 0.2) is 5.69 Å². The maximum absolute atomic E-state index is 13.3. The van der Waals surface area contributed by atoms with E-state index in [-0.39, 0.29) is 24.2 Å². The summed E-state index contributed by atoms with van der Waals surface area (Å²) in [6, 6.07) is 5.41. The molecule has 3 rings (SSSR count). The number of rotatable bonds is 10. The lowest BCUT2D eigenvalue weighted by Gasteiger charge is -2.27. The number of carbonyl (C=O) groups is 3. The van der Waals surface area contributed by atoms with Gasteiger partial charge in [-0.3, -0.25) is 19.0 Å². The van der Waals surface area contributed by atoms with Crippen molar-refractivity contribution < 1.29 is 37.4 Å².